The molecular formula is C25H18BrClN2O4. The van der Waals surface area contributed by atoms with Gasteiger partial charge in [-0.3, -0.25) is 14.9 Å². The zero-order valence-electron chi connectivity index (χ0n) is 17.5. The molecule has 8 heteroatoms. The molecule has 0 aromatic heterocycles. The molecule has 166 valence electrons. The third-order valence-corrected chi connectivity index (χ3v) is 6.08. The summed E-state index contributed by atoms with van der Waals surface area (Å²) in [5.41, 5.74) is 2.25. The number of nitrogens with zero attached hydrogens (tertiary/aromatic N) is 1. The predicted octanol–water partition coefficient (Wildman–Crippen LogP) is 5.66. The van der Waals surface area contributed by atoms with Crippen molar-refractivity contribution in [3.63, 3.8) is 0 Å². The van der Waals surface area contributed by atoms with Crippen LogP contribution in [0.25, 0.3) is 6.08 Å². The Labute approximate surface area is 203 Å². The summed E-state index contributed by atoms with van der Waals surface area (Å²) < 4.78 is 6.88. The quantitative estimate of drug-likeness (QED) is 0.345. The lowest BCUT2D eigenvalue weighted by Crippen LogP contribution is -2.54. The van der Waals surface area contributed by atoms with E-state index in [4.69, 9.17) is 16.3 Å². The van der Waals surface area contributed by atoms with Crippen LogP contribution >= 0.6 is 27.5 Å². The lowest BCUT2D eigenvalue weighted by atomic mass is 10.0. The first-order valence-corrected chi connectivity index (χ1v) is 11.1. The van der Waals surface area contributed by atoms with Gasteiger partial charge in [-0.15, -0.1) is 0 Å². The number of nitrogens with one attached hydrogen (secondary N) is 1. The molecule has 3 aromatic rings. The van der Waals surface area contributed by atoms with Crippen molar-refractivity contribution in [1.82, 2.24) is 5.32 Å². The normalized spacial score (nSPS) is 15.1. The largest absolute Gasteiger partial charge is 0.488 e. The molecule has 0 spiro atoms. The van der Waals surface area contributed by atoms with Crippen molar-refractivity contribution in [3.8, 4) is 5.75 Å². The molecule has 3 aromatic carbocycles. The molecule has 0 atom stereocenters. The summed E-state index contributed by atoms with van der Waals surface area (Å²) in [4.78, 5) is 39.2. The van der Waals surface area contributed by atoms with E-state index in [-0.39, 0.29) is 12.2 Å². The minimum Gasteiger partial charge on any atom is -0.488 e. The van der Waals surface area contributed by atoms with Gasteiger partial charge in [-0.25, -0.2) is 9.69 Å². The average Bonchev–Trinajstić information content (AvgIpc) is 2.79. The minimum absolute atomic E-state index is 0.189. The van der Waals surface area contributed by atoms with Crippen LogP contribution in [0.5, 0.6) is 5.75 Å². The van der Waals surface area contributed by atoms with E-state index in [0.29, 0.717) is 27.6 Å². The van der Waals surface area contributed by atoms with E-state index < -0.39 is 17.8 Å². The molecule has 0 saturated carbocycles. The number of para-hydroxylation sites is 1. The number of ether oxygens (including phenoxy) is 1. The molecule has 1 saturated heterocycles. The Bertz CT molecular complexity index is 1310. The van der Waals surface area contributed by atoms with Crippen LogP contribution < -0.4 is 15.0 Å². The predicted molar refractivity (Wildman–Crippen MR) is 130 cm³/mol. The summed E-state index contributed by atoms with van der Waals surface area (Å²) in [6.07, 6.45) is 1.42. The van der Waals surface area contributed by atoms with Crippen LogP contribution in [0.3, 0.4) is 0 Å². The fourth-order valence-corrected chi connectivity index (χ4v) is 3.92. The fourth-order valence-electron chi connectivity index (χ4n) is 3.36. The second kappa shape index (κ2) is 9.60. The van der Waals surface area contributed by atoms with Crippen LogP contribution in [0, 0.1) is 6.92 Å². The van der Waals surface area contributed by atoms with Crippen LogP contribution in [0.1, 0.15) is 16.7 Å². The van der Waals surface area contributed by atoms with Gasteiger partial charge in [-0.2, -0.15) is 0 Å². The molecule has 1 aliphatic heterocycles. The van der Waals surface area contributed by atoms with Gasteiger partial charge < -0.3 is 4.74 Å². The van der Waals surface area contributed by atoms with Crippen molar-refractivity contribution in [1.29, 1.82) is 0 Å². The lowest BCUT2D eigenvalue weighted by Gasteiger charge is -2.27. The van der Waals surface area contributed by atoms with E-state index in [1.807, 2.05) is 24.3 Å². The molecule has 0 bridgehead atoms. The van der Waals surface area contributed by atoms with Crippen molar-refractivity contribution in [2.24, 2.45) is 0 Å². The van der Waals surface area contributed by atoms with Gasteiger partial charge in [-0.1, -0.05) is 70.0 Å². The first kappa shape index (κ1) is 22.8. The van der Waals surface area contributed by atoms with Gasteiger partial charge in [0, 0.05) is 20.6 Å². The molecular weight excluding hydrogens is 508 g/mol. The number of rotatable bonds is 5. The number of amides is 4. The summed E-state index contributed by atoms with van der Waals surface area (Å²) in [7, 11) is 0. The van der Waals surface area contributed by atoms with E-state index >= 15 is 0 Å². The number of carbonyl (C=O) groups excluding carboxylic acids is 3. The molecule has 4 rings (SSSR count). The van der Waals surface area contributed by atoms with Crippen LogP contribution in [-0.2, 0) is 16.2 Å². The number of benzene rings is 3. The molecule has 1 fully saturated rings. The first-order valence-electron chi connectivity index (χ1n) is 9.98. The van der Waals surface area contributed by atoms with Crippen LogP contribution in [0.2, 0.25) is 5.02 Å². The number of carbonyl (C=O) groups is 3. The third kappa shape index (κ3) is 4.84. The summed E-state index contributed by atoms with van der Waals surface area (Å²) in [5.74, 6) is -1.03. The third-order valence-electron chi connectivity index (χ3n) is 5.07. The number of urea groups is 1. The Hall–Kier alpha value is -3.42. The standard InChI is InChI=1S/C25H18BrClN2O4/c1-15-10-11-18(27)13-21(15)29-24(31)19(23(30)28-25(29)32)12-16-6-3-5-9-22(16)33-14-17-7-2-4-8-20(17)26/h2-13H,14H2,1H3,(H,28,30,32)/b19-12+. The number of imide groups is 2. The molecule has 6 nitrogen and oxygen atoms in total. The molecule has 1 heterocycles. The maximum Gasteiger partial charge on any atom is 0.335 e. The zero-order valence-corrected chi connectivity index (χ0v) is 19.8. The Balaban J connectivity index is 1.67. The Morgan fingerprint density at radius 3 is 2.55 bits per heavy atom. The fraction of sp³-hybridized carbons (Fsp3) is 0.0800. The van der Waals surface area contributed by atoms with Crippen LogP contribution in [-0.4, -0.2) is 17.8 Å². The van der Waals surface area contributed by atoms with Gasteiger partial charge in [0.15, 0.2) is 0 Å². The van der Waals surface area contributed by atoms with Gasteiger partial charge >= 0.3 is 6.03 Å². The lowest BCUT2D eigenvalue weighted by molar-refractivity contribution is -0.122. The Morgan fingerprint density at radius 1 is 1.03 bits per heavy atom. The smallest absolute Gasteiger partial charge is 0.335 e. The van der Waals surface area contributed by atoms with Gasteiger partial charge in [0.25, 0.3) is 11.8 Å². The highest BCUT2D eigenvalue weighted by Crippen LogP contribution is 2.29. The minimum atomic E-state index is -0.828. The van der Waals surface area contributed by atoms with Crippen molar-refractivity contribution in [2.45, 2.75) is 13.5 Å². The van der Waals surface area contributed by atoms with Crippen LogP contribution in [0.15, 0.2) is 76.8 Å². The van der Waals surface area contributed by atoms with Crippen LogP contribution in [0.4, 0.5) is 10.5 Å². The monoisotopic (exact) mass is 524 g/mol. The molecule has 0 unspecified atom stereocenters. The second-order valence-electron chi connectivity index (χ2n) is 7.31. The second-order valence-corrected chi connectivity index (χ2v) is 8.60. The summed E-state index contributed by atoms with van der Waals surface area (Å²) >= 11 is 9.56. The zero-order chi connectivity index (χ0) is 23.5. The number of hydrogen-bond acceptors (Lipinski definition) is 4. The molecule has 1 aliphatic rings. The number of aryl methyl sites for hydroxylation is 1. The van der Waals surface area contributed by atoms with E-state index in [1.165, 1.54) is 12.1 Å². The van der Waals surface area contributed by atoms with E-state index in [0.717, 1.165) is 14.9 Å². The summed E-state index contributed by atoms with van der Waals surface area (Å²) in [6, 6.07) is 18.8. The van der Waals surface area contributed by atoms with E-state index in [2.05, 4.69) is 21.2 Å². The van der Waals surface area contributed by atoms with E-state index in [9.17, 15) is 14.4 Å². The highest BCUT2D eigenvalue weighted by atomic mass is 79.9. The van der Waals surface area contributed by atoms with Crippen molar-refractivity contribution >= 4 is 57.1 Å². The highest BCUT2D eigenvalue weighted by Gasteiger charge is 2.37. The number of anilines is 1. The molecule has 33 heavy (non-hydrogen) atoms. The maximum absolute atomic E-state index is 13.2. The maximum atomic E-state index is 13.2. The number of barbiturate groups is 1. The van der Waals surface area contributed by atoms with Crippen molar-refractivity contribution in [2.75, 3.05) is 4.90 Å². The molecule has 0 aliphatic carbocycles. The first-order chi connectivity index (χ1) is 15.8. The topological polar surface area (TPSA) is 75.7 Å². The Kier molecular flexibility index (Phi) is 6.62. The van der Waals surface area contributed by atoms with Gasteiger partial charge in [0.1, 0.15) is 17.9 Å². The van der Waals surface area contributed by atoms with Gasteiger partial charge in [0.05, 0.1) is 5.69 Å². The number of hydrogen-bond donors (Lipinski definition) is 1. The van der Waals surface area contributed by atoms with Gasteiger partial charge in [-0.05, 0) is 42.8 Å². The average molecular weight is 526 g/mol. The SMILES string of the molecule is Cc1ccc(Cl)cc1N1C(=O)NC(=O)/C(=C\c2ccccc2OCc2ccccc2Br)C1=O. The molecule has 0 radical (unpaired) electrons. The molecule has 1 N–H and O–H groups in total. The summed E-state index contributed by atoms with van der Waals surface area (Å²) in [6.45, 7) is 2.03. The highest BCUT2D eigenvalue weighted by molar-refractivity contribution is 9.10. The Morgan fingerprint density at radius 2 is 1.76 bits per heavy atom. The molecule has 4 amide bonds. The van der Waals surface area contributed by atoms with E-state index in [1.54, 1.807) is 43.3 Å². The van der Waals surface area contributed by atoms with Gasteiger partial charge in [0.2, 0.25) is 0 Å². The number of halogens is 2. The summed E-state index contributed by atoms with van der Waals surface area (Å²) in [5, 5.41) is 2.59. The van der Waals surface area contributed by atoms with Crippen molar-refractivity contribution in [3.05, 3.63) is 98.5 Å². The van der Waals surface area contributed by atoms with Crippen molar-refractivity contribution < 1.29 is 19.1 Å².